The number of aromatic nitrogens is 2. The van der Waals surface area contributed by atoms with Gasteiger partial charge in [0.15, 0.2) is 0 Å². The lowest BCUT2D eigenvalue weighted by molar-refractivity contribution is 0.687. The summed E-state index contributed by atoms with van der Waals surface area (Å²) in [6.45, 7) is 4.48. The normalized spacial score (nSPS) is 11.0. The van der Waals surface area contributed by atoms with E-state index >= 15 is 0 Å². The second-order valence-electron chi connectivity index (χ2n) is 6.28. The fourth-order valence-corrected chi connectivity index (χ4v) is 5.25. The van der Waals surface area contributed by atoms with Crippen LogP contribution in [0.5, 0.6) is 0 Å². The fraction of sp³-hybridized carbons (Fsp3) is 0.190. The minimum atomic E-state index is -0.00744. The third-order valence-corrected chi connectivity index (χ3v) is 6.43. The molecule has 27 heavy (non-hydrogen) atoms. The summed E-state index contributed by atoms with van der Waals surface area (Å²) in [6.07, 6.45) is 0.675. The van der Waals surface area contributed by atoms with Crippen molar-refractivity contribution in [2.45, 2.75) is 26.8 Å². The summed E-state index contributed by atoms with van der Waals surface area (Å²) in [7, 11) is 0. The molecular formula is C21H17N3OS2. The van der Waals surface area contributed by atoms with Crippen LogP contribution in [0.1, 0.15) is 28.8 Å². The fourth-order valence-electron chi connectivity index (χ4n) is 3.31. The summed E-state index contributed by atoms with van der Waals surface area (Å²) in [6, 6.07) is 13.6. The van der Waals surface area contributed by atoms with Crippen LogP contribution in [-0.2, 0) is 13.0 Å². The highest BCUT2D eigenvalue weighted by molar-refractivity contribution is 7.20. The molecule has 4 rings (SSSR count). The predicted octanol–water partition coefficient (Wildman–Crippen LogP) is 4.98. The first-order valence-corrected chi connectivity index (χ1v) is 10.4. The molecule has 4 aromatic rings. The van der Waals surface area contributed by atoms with Crippen LogP contribution in [0.25, 0.3) is 20.7 Å². The smallest absolute Gasteiger partial charge is 0.263 e. The van der Waals surface area contributed by atoms with Crippen LogP contribution < -0.4 is 5.56 Å². The number of hydrogen-bond acceptors (Lipinski definition) is 5. The number of rotatable bonds is 4. The first kappa shape index (κ1) is 17.7. The van der Waals surface area contributed by atoms with Crippen LogP contribution in [-0.4, -0.2) is 9.55 Å². The molecule has 0 spiro atoms. The summed E-state index contributed by atoms with van der Waals surface area (Å²) in [5, 5.41) is 11.9. The lowest BCUT2D eigenvalue weighted by atomic mass is 10.1. The molecule has 3 heterocycles. The largest absolute Gasteiger partial charge is 0.292 e. The standard InChI is InChI=1S/C21H17N3OS2/c1-3-17-23-20-19(18(13(2)27-20)16-8-5-9-26-16)21(25)24(17)12-15-7-4-6-14(10-15)11-22/h4-10H,3,12H2,1-2H3. The molecule has 0 radical (unpaired) electrons. The lowest BCUT2D eigenvalue weighted by Gasteiger charge is -2.12. The van der Waals surface area contributed by atoms with E-state index in [1.165, 1.54) is 0 Å². The van der Waals surface area contributed by atoms with E-state index in [0.717, 1.165) is 31.5 Å². The van der Waals surface area contributed by atoms with Crippen molar-refractivity contribution < 1.29 is 0 Å². The Morgan fingerprint density at radius 3 is 2.81 bits per heavy atom. The maximum Gasteiger partial charge on any atom is 0.263 e. The average Bonchev–Trinajstić information content (AvgIpc) is 3.31. The first-order valence-electron chi connectivity index (χ1n) is 8.68. The molecule has 6 heteroatoms. The van der Waals surface area contributed by atoms with Crippen molar-refractivity contribution in [3.05, 3.63) is 74.0 Å². The Labute approximate surface area is 165 Å². The van der Waals surface area contributed by atoms with Crippen molar-refractivity contribution in [1.82, 2.24) is 9.55 Å². The zero-order valence-corrected chi connectivity index (χ0v) is 16.7. The SMILES string of the molecule is CCc1nc2sc(C)c(-c3cccs3)c2c(=O)n1Cc1cccc(C#N)c1. The maximum atomic E-state index is 13.5. The van der Waals surface area contributed by atoms with E-state index in [2.05, 4.69) is 6.07 Å². The van der Waals surface area contributed by atoms with Crippen LogP contribution in [0.2, 0.25) is 0 Å². The molecule has 134 valence electrons. The predicted molar refractivity (Wildman–Crippen MR) is 112 cm³/mol. The van der Waals surface area contributed by atoms with Gasteiger partial charge in [0, 0.05) is 21.7 Å². The summed E-state index contributed by atoms with van der Waals surface area (Å²) < 4.78 is 1.75. The van der Waals surface area contributed by atoms with Gasteiger partial charge in [0.25, 0.3) is 5.56 Å². The highest BCUT2D eigenvalue weighted by Crippen LogP contribution is 2.38. The van der Waals surface area contributed by atoms with Gasteiger partial charge >= 0.3 is 0 Å². The second kappa shape index (κ2) is 7.10. The van der Waals surface area contributed by atoms with Gasteiger partial charge in [-0.25, -0.2) is 4.98 Å². The van der Waals surface area contributed by atoms with Crippen LogP contribution in [0.15, 0.2) is 46.6 Å². The van der Waals surface area contributed by atoms with E-state index in [0.29, 0.717) is 23.9 Å². The number of nitrogens with zero attached hydrogens (tertiary/aromatic N) is 3. The van der Waals surface area contributed by atoms with Crippen molar-refractivity contribution >= 4 is 32.9 Å². The minimum Gasteiger partial charge on any atom is -0.292 e. The quantitative estimate of drug-likeness (QED) is 0.493. The van der Waals surface area contributed by atoms with Gasteiger partial charge in [-0.1, -0.05) is 25.1 Å². The van der Waals surface area contributed by atoms with Gasteiger partial charge in [0.1, 0.15) is 10.7 Å². The zero-order chi connectivity index (χ0) is 19.0. The van der Waals surface area contributed by atoms with Crippen LogP contribution in [0.4, 0.5) is 0 Å². The molecule has 0 saturated carbocycles. The monoisotopic (exact) mass is 391 g/mol. The van der Waals surface area contributed by atoms with E-state index < -0.39 is 0 Å². The Bertz CT molecular complexity index is 1230. The minimum absolute atomic E-state index is 0.00744. The first-order chi connectivity index (χ1) is 13.1. The molecule has 0 unspecified atom stereocenters. The summed E-state index contributed by atoms with van der Waals surface area (Å²) >= 11 is 3.22. The summed E-state index contributed by atoms with van der Waals surface area (Å²) in [5.74, 6) is 0.772. The van der Waals surface area contributed by atoms with E-state index in [-0.39, 0.29) is 5.56 Å². The third kappa shape index (κ3) is 3.09. The Morgan fingerprint density at radius 1 is 1.26 bits per heavy atom. The van der Waals surface area contributed by atoms with Crippen LogP contribution >= 0.6 is 22.7 Å². The van der Waals surface area contributed by atoms with Gasteiger partial charge in [0.2, 0.25) is 0 Å². The van der Waals surface area contributed by atoms with Crippen LogP contribution in [0, 0.1) is 18.3 Å². The van der Waals surface area contributed by atoms with Gasteiger partial charge in [-0.2, -0.15) is 5.26 Å². The van der Waals surface area contributed by atoms with Gasteiger partial charge in [-0.05, 0) is 36.1 Å². The average molecular weight is 392 g/mol. The van der Waals surface area contributed by atoms with E-state index in [9.17, 15) is 4.79 Å². The van der Waals surface area contributed by atoms with Crippen molar-refractivity contribution in [2.24, 2.45) is 0 Å². The molecule has 1 aromatic carbocycles. The van der Waals surface area contributed by atoms with Gasteiger partial charge < -0.3 is 0 Å². The number of benzene rings is 1. The van der Waals surface area contributed by atoms with Gasteiger partial charge in [0.05, 0.1) is 23.6 Å². The lowest BCUT2D eigenvalue weighted by Crippen LogP contribution is -2.25. The van der Waals surface area contributed by atoms with E-state index in [1.807, 2.05) is 49.6 Å². The summed E-state index contributed by atoms with van der Waals surface area (Å²) in [5.41, 5.74) is 2.52. The zero-order valence-electron chi connectivity index (χ0n) is 15.0. The van der Waals surface area contributed by atoms with Crippen molar-refractivity contribution in [3.8, 4) is 16.5 Å². The van der Waals surface area contributed by atoms with E-state index in [4.69, 9.17) is 10.2 Å². The molecule has 0 aliphatic rings. The Hall–Kier alpha value is -2.75. The molecule has 0 aliphatic carbocycles. The highest BCUT2D eigenvalue weighted by Gasteiger charge is 2.20. The molecule has 0 atom stereocenters. The number of thiophene rings is 2. The van der Waals surface area contributed by atoms with Gasteiger partial charge in [-0.15, -0.1) is 22.7 Å². The Balaban J connectivity index is 1.94. The Morgan fingerprint density at radius 2 is 2.11 bits per heavy atom. The molecule has 0 bridgehead atoms. The number of hydrogen-bond donors (Lipinski definition) is 0. The molecule has 4 nitrogen and oxygen atoms in total. The number of nitriles is 1. The molecule has 0 aliphatic heterocycles. The summed E-state index contributed by atoms with van der Waals surface area (Å²) in [4.78, 5) is 21.3. The highest BCUT2D eigenvalue weighted by atomic mass is 32.1. The van der Waals surface area contributed by atoms with Crippen LogP contribution in [0.3, 0.4) is 0 Å². The molecule has 0 saturated heterocycles. The van der Waals surface area contributed by atoms with Crippen molar-refractivity contribution in [2.75, 3.05) is 0 Å². The molecule has 3 aromatic heterocycles. The Kier molecular flexibility index (Phi) is 4.65. The molecular weight excluding hydrogens is 374 g/mol. The topological polar surface area (TPSA) is 58.7 Å². The molecule has 0 amide bonds. The number of aryl methyl sites for hydroxylation is 2. The maximum absolute atomic E-state index is 13.5. The number of fused-ring (bicyclic) bond motifs is 1. The third-order valence-electron chi connectivity index (χ3n) is 4.55. The van der Waals surface area contributed by atoms with Crippen molar-refractivity contribution in [3.63, 3.8) is 0 Å². The molecule has 0 N–H and O–H groups in total. The molecule has 0 fully saturated rings. The van der Waals surface area contributed by atoms with Crippen molar-refractivity contribution in [1.29, 1.82) is 5.26 Å². The second-order valence-corrected chi connectivity index (χ2v) is 8.43. The van der Waals surface area contributed by atoms with Gasteiger partial charge in [-0.3, -0.25) is 9.36 Å². The van der Waals surface area contributed by atoms with E-state index in [1.54, 1.807) is 33.3 Å².